The third-order valence-electron chi connectivity index (χ3n) is 5.03. The number of amides is 2. The van der Waals surface area contributed by atoms with E-state index in [1.807, 2.05) is 0 Å². The molecule has 150 valence electrons. The molecule has 8 nitrogen and oxygen atoms in total. The molecule has 0 radical (unpaired) electrons. The number of halogens is 1. The van der Waals surface area contributed by atoms with Crippen LogP contribution in [0.5, 0.6) is 0 Å². The maximum Gasteiger partial charge on any atom is 0.290 e. The van der Waals surface area contributed by atoms with Gasteiger partial charge in [0.2, 0.25) is 11.7 Å². The summed E-state index contributed by atoms with van der Waals surface area (Å²) in [5, 5.41) is 13.4. The van der Waals surface area contributed by atoms with Crippen LogP contribution in [0.15, 0.2) is 53.3 Å². The van der Waals surface area contributed by atoms with Crippen molar-refractivity contribution < 1.29 is 18.5 Å². The molecule has 0 unspecified atom stereocenters. The van der Waals surface area contributed by atoms with Crippen molar-refractivity contribution in [1.29, 1.82) is 0 Å². The number of rotatable bonds is 5. The summed E-state index contributed by atoms with van der Waals surface area (Å²) >= 11 is 0. The predicted molar refractivity (Wildman–Crippen MR) is 102 cm³/mol. The van der Waals surface area contributed by atoms with Gasteiger partial charge < -0.3 is 15.2 Å². The minimum Gasteiger partial charge on any atom is -0.351 e. The van der Waals surface area contributed by atoms with Crippen molar-refractivity contribution in [3.8, 4) is 5.69 Å². The Morgan fingerprint density at radius 2 is 1.90 bits per heavy atom. The zero-order valence-corrected chi connectivity index (χ0v) is 15.5. The fourth-order valence-electron chi connectivity index (χ4n) is 3.48. The van der Waals surface area contributed by atoms with Gasteiger partial charge in [0.05, 0.1) is 6.20 Å². The second-order valence-electron chi connectivity index (χ2n) is 6.98. The van der Waals surface area contributed by atoms with E-state index in [9.17, 15) is 14.0 Å². The van der Waals surface area contributed by atoms with Crippen LogP contribution in [0.1, 0.15) is 36.2 Å². The molecule has 0 aliphatic heterocycles. The van der Waals surface area contributed by atoms with E-state index in [4.69, 9.17) is 4.52 Å². The summed E-state index contributed by atoms with van der Waals surface area (Å²) in [4.78, 5) is 24.6. The summed E-state index contributed by atoms with van der Waals surface area (Å²) < 4.78 is 20.1. The number of hydrogen-bond donors (Lipinski definition) is 2. The minimum absolute atomic E-state index is 0.00286. The Balaban J connectivity index is 1.29. The quantitative estimate of drug-likeness (QED) is 0.689. The van der Waals surface area contributed by atoms with Crippen molar-refractivity contribution in [3.05, 3.63) is 60.4 Å². The SMILES string of the molecule is O=C(NC1CCC(C(=O)Nc2ccn(-c3ccccc3F)n2)CC1)c1ccno1. The van der Waals surface area contributed by atoms with Crippen LogP contribution in [0.25, 0.3) is 5.69 Å². The summed E-state index contributed by atoms with van der Waals surface area (Å²) in [5.41, 5.74) is 0.316. The number of nitrogens with zero attached hydrogens (tertiary/aromatic N) is 3. The lowest BCUT2D eigenvalue weighted by Gasteiger charge is -2.27. The Kier molecular flexibility index (Phi) is 5.37. The summed E-state index contributed by atoms with van der Waals surface area (Å²) in [6, 6.07) is 9.43. The molecule has 1 fully saturated rings. The molecular weight excluding hydrogens is 377 g/mol. The number of carbonyl (C=O) groups is 2. The Hall–Kier alpha value is -3.49. The van der Waals surface area contributed by atoms with E-state index in [1.54, 1.807) is 30.5 Å². The molecule has 29 heavy (non-hydrogen) atoms. The van der Waals surface area contributed by atoms with Gasteiger partial charge >= 0.3 is 0 Å². The van der Waals surface area contributed by atoms with Crippen molar-refractivity contribution in [2.45, 2.75) is 31.7 Å². The molecule has 0 bridgehead atoms. The molecule has 1 aromatic carbocycles. The summed E-state index contributed by atoms with van der Waals surface area (Å²) in [5.74, 6) is -0.418. The molecule has 2 N–H and O–H groups in total. The molecule has 3 aromatic rings. The summed E-state index contributed by atoms with van der Waals surface area (Å²) in [7, 11) is 0. The van der Waals surface area contributed by atoms with E-state index in [2.05, 4.69) is 20.9 Å². The molecule has 0 atom stereocenters. The molecular formula is C20H20FN5O3. The van der Waals surface area contributed by atoms with Crippen LogP contribution in [0, 0.1) is 11.7 Å². The van der Waals surface area contributed by atoms with Gasteiger partial charge in [-0.3, -0.25) is 9.59 Å². The standard InChI is InChI=1S/C20H20FN5O3/c21-15-3-1-2-4-16(15)26-12-10-18(25-26)24-19(27)13-5-7-14(8-6-13)23-20(28)17-9-11-22-29-17/h1-4,9-14H,5-8H2,(H,23,28)(H,24,25,27). The second kappa shape index (κ2) is 8.26. The van der Waals surface area contributed by atoms with Gasteiger partial charge in [-0.25, -0.2) is 9.07 Å². The van der Waals surface area contributed by atoms with Crippen molar-refractivity contribution in [3.63, 3.8) is 0 Å². The van der Waals surface area contributed by atoms with Gasteiger partial charge in [-0.05, 0) is 37.8 Å². The van der Waals surface area contributed by atoms with Gasteiger partial charge in [0, 0.05) is 30.3 Å². The number of carbonyl (C=O) groups excluding carboxylic acids is 2. The van der Waals surface area contributed by atoms with Crippen molar-refractivity contribution in [2.75, 3.05) is 5.32 Å². The molecule has 2 amide bonds. The lowest BCUT2D eigenvalue weighted by Crippen LogP contribution is -2.39. The highest BCUT2D eigenvalue weighted by Crippen LogP contribution is 2.26. The van der Waals surface area contributed by atoms with Gasteiger partial charge in [0.15, 0.2) is 5.82 Å². The van der Waals surface area contributed by atoms with Crippen LogP contribution in [-0.2, 0) is 4.79 Å². The average molecular weight is 397 g/mol. The van der Waals surface area contributed by atoms with Gasteiger partial charge in [0.25, 0.3) is 5.91 Å². The maximum absolute atomic E-state index is 13.9. The molecule has 2 heterocycles. The van der Waals surface area contributed by atoms with Gasteiger partial charge in [-0.15, -0.1) is 5.10 Å². The molecule has 1 saturated carbocycles. The first-order valence-electron chi connectivity index (χ1n) is 9.43. The fraction of sp³-hybridized carbons (Fsp3) is 0.300. The number of hydrogen-bond acceptors (Lipinski definition) is 5. The first kappa shape index (κ1) is 18.9. The Labute approximate surface area is 166 Å². The molecule has 1 aliphatic carbocycles. The van der Waals surface area contributed by atoms with E-state index in [-0.39, 0.29) is 35.4 Å². The molecule has 1 aliphatic rings. The van der Waals surface area contributed by atoms with E-state index in [1.165, 1.54) is 23.0 Å². The molecule has 4 rings (SSSR count). The van der Waals surface area contributed by atoms with Crippen molar-refractivity contribution in [2.24, 2.45) is 5.92 Å². The van der Waals surface area contributed by atoms with Gasteiger partial charge in [0.1, 0.15) is 11.5 Å². The third kappa shape index (κ3) is 4.34. The molecule has 0 saturated heterocycles. The van der Waals surface area contributed by atoms with E-state index < -0.39 is 0 Å². The van der Waals surface area contributed by atoms with Crippen molar-refractivity contribution >= 4 is 17.6 Å². The maximum atomic E-state index is 13.9. The van der Waals surface area contributed by atoms with Gasteiger partial charge in [-0.1, -0.05) is 17.3 Å². The Morgan fingerprint density at radius 1 is 1.10 bits per heavy atom. The minimum atomic E-state index is -0.390. The lowest BCUT2D eigenvalue weighted by molar-refractivity contribution is -0.120. The first-order valence-corrected chi connectivity index (χ1v) is 9.43. The van der Waals surface area contributed by atoms with Crippen LogP contribution in [-0.4, -0.2) is 32.8 Å². The number of aromatic nitrogens is 3. The molecule has 0 spiro atoms. The van der Waals surface area contributed by atoms with Crippen LogP contribution in [0.3, 0.4) is 0 Å². The van der Waals surface area contributed by atoms with Crippen molar-refractivity contribution in [1.82, 2.24) is 20.3 Å². The fourth-order valence-corrected chi connectivity index (χ4v) is 3.48. The van der Waals surface area contributed by atoms with Crippen LogP contribution >= 0.6 is 0 Å². The second-order valence-corrected chi connectivity index (χ2v) is 6.98. The Morgan fingerprint density at radius 3 is 2.62 bits per heavy atom. The summed E-state index contributed by atoms with van der Waals surface area (Å²) in [6.45, 7) is 0. The van der Waals surface area contributed by atoms with Crippen LogP contribution in [0.4, 0.5) is 10.2 Å². The Bertz CT molecular complexity index is 993. The largest absolute Gasteiger partial charge is 0.351 e. The molecule has 2 aromatic heterocycles. The highest BCUT2D eigenvalue weighted by molar-refractivity contribution is 5.92. The zero-order chi connectivity index (χ0) is 20.2. The number of anilines is 1. The highest BCUT2D eigenvalue weighted by Gasteiger charge is 2.28. The molecule has 9 heteroatoms. The summed E-state index contributed by atoms with van der Waals surface area (Å²) in [6.07, 6.45) is 5.72. The normalized spacial score (nSPS) is 18.9. The van der Waals surface area contributed by atoms with E-state index in [0.717, 1.165) is 0 Å². The monoisotopic (exact) mass is 397 g/mol. The predicted octanol–water partition coefficient (Wildman–Crippen LogP) is 2.93. The number of nitrogens with one attached hydrogen (secondary N) is 2. The average Bonchev–Trinajstić information content (AvgIpc) is 3.41. The number of benzene rings is 1. The lowest BCUT2D eigenvalue weighted by atomic mass is 9.85. The highest BCUT2D eigenvalue weighted by atomic mass is 19.1. The third-order valence-corrected chi connectivity index (χ3v) is 5.03. The van der Waals surface area contributed by atoms with Crippen LogP contribution < -0.4 is 10.6 Å². The van der Waals surface area contributed by atoms with E-state index in [0.29, 0.717) is 37.2 Å². The smallest absolute Gasteiger partial charge is 0.290 e. The first-order chi connectivity index (χ1) is 14.1. The van der Waals surface area contributed by atoms with Gasteiger partial charge in [-0.2, -0.15) is 0 Å². The number of para-hydroxylation sites is 1. The van der Waals surface area contributed by atoms with E-state index >= 15 is 0 Å². The topological polar surface area (TPSA) is 102 Å². The van der Waals surface area contributed by atoms with Crippen LogP contribution in [0.2, 0.25) is 0 Å². The zero-order valence-electron chi connectivity index (χ0n) is 15.5.